The number of rotatable bonds is 8. The van der Waals surface area contributed by atoms with Gasteiger partial charge in [0.15, 0.2) is 0 Å². The van der Waals surface area contributed by atoms with Gasteiger partial charge in [-0.05, 0) is 36.4 Å². The monoisotopic (exact) mass is 724 g/mol. The van der Waals surface area contributed by atoms with Crippen LogP contribution in [-0.4, -0.2) is 66.1 Å². The molecule has 54 heavy (non-hydrogen) atoms. The van der Waals surface area contributed by atoms with Crippen molar-refractivity contribution < 1.29 is 27.8 Å². The maximum Gasteiger partial charge on any atom is 0.338 e. The van der Waals surface area contributed by atoms with Crippen LogP contribution in [0.2, 0.25) is 0 Å². The van der Waals surface area contributed by atoms with Crippen LogP contribution >= 0.6 is 0 Å². The molecule has 14 heteroatoms. The maximum atomic E-state index is 13.9. The number of para-hydroxylation sites is 2. The Bertz CT molecular complexity index is 2430. The van der Waals surface area contributed by atoms with Crippen molar-refractivity contribution in [1.29, 1.82) is 0 Å². The standard InChI is InChI=1S/2C20H15FN4O2/c1-27-20(26)18-15-7-2-3-8-17(15)23-19(13-5-4-6-14(21)11-13)16(18)12-25-10-9-22-24-25;1-27-20(26)18-15-7-2-3-8-17(15)24-19(13-5-4-6-14(21)11-13)16(18)12-25-22-9-10-23-25/h2*2-11H,12H2,1H3. The van der Waals surface area contributed by atoms with Crippen molar-refractivity contribution in [3.05, 3.63) is 156 Å². The normalized spacial score (nSPS) is 10.9. The fourth-order valence-corrected chi connectivity index (χ4v) is 6.18. The Balaban J connectivity index is 0.000000167. The van der Waals surface area contributed by atoms with Crippen molar-refractivity contribution in [2.24, 2.45) is 0 Å². The minimum atomic E-state index is -0.492. The van der Waals surface area contributed by atoms with Crippen LogP contribution in [0.15, 0.2) is 122 Å². The summed E-state index contributed by atoms with van der Waals surface area (Å²) in [7, 11) is 2.66. The molecular weight excluding hydrogens is 694 g/mol. The van der Waals surface area contributed by atoms with E-state index in [0.29, 0.717) is 66.6 Å². The predicted molar refractivity (Wildman–Crippen MR) is 195 cm³/mol. The average Bonchev–Trinajstić information content (AvgIpc) is 3.92. The lowest BCUT2D eigenvalue weighted by Crippen LogP contribution is -2.14. The summed E-state index contributed by atoms with van der Waals surface area (Å²) in [6.45, 7) is 0.440. The molecule has 0 N–H and O–H groups in total. The number of carbonyl (C=O) groups is 2. The van der Waals surface area contributed by atoms with E-state index < -0.39 is 11.9 Å². The van der Waals surface area contributed by atoms with Gasteiger partial charge in [0, 0.05) is 39.2 Å². The van der Waals surface area contributed by atoms with Crippen LogP contribution in [-0.2, 0) is 22.6 Å². The Morgan fingerprint density at radius 3 is 1.59 bits per heavy atom. The second-order valence-electron chi connectivity index (χ2n) is 11.8. The molecule has 0 bridgehead atoms. The van der Waals surface area contributed by atoms with Gasteiger partial charge >= 0.3 is 11.9 Å². The highest BCUT2D eigenvalue weighted by molar-refractivity contribution is 6.07. The number of hydrogen-bond donors (Lipinski definition) is 0. The van der Waals surface area contributed by atoms with Gasteiger partial charge < -0.3 is 9.47 Å². The number of benzene rings is 4. The number of esters is 2. The highest BCUT2D eigenvalue weighted by Gasteiger charge is 2.24. The van der Waals surface area contributed by atoms with Crippen LogP contribution in [0.3, 0.4) is 0 Å². The van der Waals surface area contributed by atoms with E-state index in [4.69, 9.17) is 19.4 Å². The molecule has 4 heterocycles. The number of aromatic nitrogens is 8. The van der Waals surface area contributed by atoms with Crippen molar-refractivity contribution in [3.63, 3.8) is 0 Å². The zero-order chi connectivity index (χ0) is 37.6. The Kier molecular flexibility index (Phi) is 10.1. The van der Waals surface area contributed by atoms with Gasteiger partial charge in [0.2, 0.25) is 0 Å². The Morgan fingerprint density at radius 1 is 0.630 bits per heavy atom. The van der Waals surface area contributed by atoms with Gasteiger partial charge in [0.05, 0.1) is 79.4 Å². The quantitative estimate of drug-likeness (QED) is 0.152. The lowest BCUT2D eigenvalue weighted by Gasteiger charge is -2.16. The predicted octanol–water partition coefficient (Wildman–Crippen LogP) is 6.93. The molecule has 8 rings (SSSR count). The number of carbonyl (C=O) groups excluding carboxylic acids is 2. The van der Waals surface area contributed by atoms with Crippen LogP contribution in [0.5, 0.6) is 0 Å². The zero-order valence-electron chi connectivity index (χ0n) is 28.9. The minimum absolute atomic E-state index is 0.196. The number of methoxy groups -OCH3 is 2. The van der Waals surface area contributed by atoms with E-state index >= 15 is 0 Å². The summed E-state index contributed by atoms with van der Waals surface area (Å²) in [6, 6.07) is 26.8. The molecule has 0 aliphatic heterocycles. The highest BCUT2D eigenvalue weighted by atomic mass is 19.1. The van der Waals surface area contributed by atoms with E-state index in [2.05, 4.69) is 20.5 Å². The van der Waals surface area contributed by atoms with Crippen molar-refractivity contribution in [1.82, 2.24) is 40.0 Å². The molecule has 0 atom stereocenters. The van der Waals surface area contributed by atoms with E-state index in [0.717, 1.165) is 0 Å². The molecular formula is C40H30F2N8O4. The minimum Gasteiger partial charge on any atom is -0.465 e. The third kappa shape index (κ3) is 7.25. The van der Waals surface area contributed by atoms with Crippen LogP contribution in [0.25, 0.3) is 44.3 Å². The van der Waals surface area contributed by atoms with E-state index in [1.807, 2.05) is 42.5 Å². The fourth-order valence-electron chi connectivity index (χ4n) is 6.18. The third-order valence-corrected chi connectivity index (χ3v) is 8.52. The number of halogens is 2. The summed E-state index contributed by atoms with van der Waals surface area (Å²) in [5.41, 5.74) is 5.30. The summed E-state index contributed by atoms with van der Waals surface area (Å²) < 4.78 is 39.4. The van der Waals surface area contributed by atoms with Gasteiger partial charge in [-0.1, -0.05) is 65.9 Å². The lowest BCUT2D eigenvalue weighted by molar-refractivity contribution is 0.0592. The van der Waals surface area contributed by atoms with E-state index in [9.17, 15) is 18.4 Å². The molecule has 268 valence electrons. The SMILES string of the molecule is COC(=O)c1c(Cn2ccnn2)c(-c2cccc(F)c2)nc2ccccc12.COC(=O)c1c(Cn2nccn2)c(-c2cccc(F)c2)nc2ccccc12. The number of nitrogens with zero attached hydrogens (tertiary/aromatic N) is 8. The molecule has 0 saturated carbocycles. The Labute approximate surface area is 306 Å². The molecule has 12 nitrogen and oxygen atoms in total. The second kappa shape index (κ2) is 15.6. The topological polar surface area (TPSA) is 140 Å². The first-order valence-corrected chi connectivity index (χ1v) is 16.5. The summed E-state index contributed by atoms with van der Waals surface area (Å²) in [5, 5.41) is 17.4. The molecule has 0 amide bonds. The van der Waals surface area contributed by atoms with Crippen LogP contribution < -0.4 is 0 Å². The molecule has 0 fully saturated rings. The number of ether oxygens (including phenoxy) is 2. The van der Waals surface area contributed by atoms with E-state index in [-0.39, 0.29) is 24.7 Å². The molecule has 0 saturated heterocycles. The second-order valence-corrected chi connectivity index (χ2v) is 11.8. The molecule has 0 radical (unpaired) electrons. The fraction of sp³-hybridized carbons (Fsp3) is 0.100. The summed E-state index contributed by atoms with van der Waals surface area (Å²) in [5.74, 6) is -1.74. The Hall–Kier alpha value is -7.22. The highest BCUT2D eigenvalue weighted by Crippen LogP contribution is 2.33. The van der Waals surface area contributed by atoms with Crippen molar-refractivity contribution >= 4 is 33.7 Å². The molecule has 4 aromatic heterocycles. The summed E-state index contributed by atoms with van der Waals surface area (Å²) in [4.78, 5) is 36.2. The molecule has 8 aromatic rings. The van der Waals surface area contributed by atoms with Gasteiger partial charge in [0.1, 0.15) is 11.6 Å². The first-order valence-electron chi connectivity index (χ1n) is 16.5. The number of fused-ring (bicyclic) bond motifs is 2. The number of hydrogen-bond acceptors (Lipinski definition) is 10. The molecule has 4 aromatic carbocycles. The van der Waals surface area contributed by atoms with E-state index in [1.165, 1.54) is 43.3 Å². The summed E-state index contributed by atoms with van der Waals surface area (Å²) in [6.07, 6.45) is 6.34. The largest absolute Gasteiger partial charge is 0.465 e. The maximum absolute atomic E-state index is 13.9. The smallest absolute Gasteiger partial charge is 0.338 e. The van der Waals surface area contributed by atoms with Crippen molar-refractivity contribution in [3.8, 4) is 22.5 Å². The molecule has 0 spiro atoms. The molecule has 0 aliphatic carbocycles. The van der Waals surface area contributed by atoms with Crippen LogP contribution in [0.4, 0.5) is 8.78 Å². The summed E-state index contributed by atoms with van der Waals surface area (Å²) >= 11 is 0. The third-order valence-electron chi connectivity index (χ3n) is 8.52. The Morgan fingerprint density at radius 2 is 1.13 bits per heavy atom. The average molecular weight is 725 g/mol. The van der Waals surface area contributed by atoms with Gasteiger partial charge in [-0.2, -0.15) is 15.0 Å². The van der Waals surface area contributed by atoms with E-state index in [1.54, 1.807) is 59.8 Å². The van der Waals surface area contributed by atoms with Gasteiger partial charge in [-0.25, -0.2) is 33.0 Å². The van der Waals surface area contributed by atoms with Crippen molar-refractivity contribution in [2.45, 2.75) is 13.1 Å². The van der Waals surface area contributed by atoms with Crippen LogP contribution in [0, 0.1) is 11.6 Å². The van der Waals surface area contributed by atoms with Gasteiger partial charge in [-0.3, -0.25) is 0 Å². The van der Waals surface area contributed by atoms with Crippen molar-refractivity contribution in [2.75, 3.05) is 14.2 Å². The first kappa shape index (κ1) is 35.2. The van der Waals surface area contributed by atoms with Crippen LogP contribution in [0.1, 0.15) is 31.8 Å². The lowest BCUT2D eigenvalue weighted by atomic mass is 9.96. The number of pyridine rings is 2. The zero-order valence-corrected chi connectivity index (χ0v) is 28.9. The molecule has 0 unspecified atom stereocenters. The first-order chi connectivity index (χ1) is 26.3. The molecule has 0 aliphatic rings. The van der Waals surface area contributed by atoms with Gasteiger partial charge in [0.25, 0.3) is 0 Å². The van der Waals surface area contributed by atoms with Gasteiger partial charge in [-0.15, -0.1) is 5.10 Å².